The van der Waals surface area contributed by atoms with Crippen molar-refractivity contribution in [3.05, 3.63) is 72.4 Å². The van der Waals surface area contributed by atoms with Gasteiger partial charge >= 0.3 is 139 Å². The van der Waals surface area contributed by atoms with Gasteiger partial charge in [-0.2, -0.15) is 0 Å². The van der Waals surface area contributed by atoms with Crippen LogP contribution in [0.5, 0.6) is 11.6 Å². The van der Waals surface area contributed by atoms with E-state index in [0.29, 0.717) is 11.6 Å². The molecule has 0 aliphatic rings. The van der Waals surface area contributed by atoms with Crippen LogP contribution in [0.1, 0.15) is 26.3 Å². The molecule has 0 aliphatic carbocycles. The van der Waals surface area contributed by atoms with E-state index < -0.39 is 14.7 Å². The summed E-state index contributed by atoms with van der Waals surface area (Å²) in [6.07, 6.45) is 1.65. The summed E-state index contributed by atoms with van der Waals surface area (Å²) in [5.74, 6) is 1.08. The van der Waals surface area contributed by atoms with Crippen LogP contribution < -0.4 is 19.7 Å². The van der Waals surface area contributed by atoms with Crippen molar-refractivity contribution >= 4 is 36.4 Å². The number of hydrogen-bond donors (Lipinski definition) is 2. The van der Waals surface area contributed by atoms with Crippen LogP contribution in [0.4, 0.5) is 16.2 Å². The van der Waals surface area contributed by atoms with Crippen molar-refractivity contribution in [2.24, 2.45) is 0 Å². The SMILES string of the molecule is C[As](C)c1ccc(NC(=O)Nc2cccnc2Oc2ccccc2C(C)(C)C)cc1. The standard InChI is InChI=1S/C24H28AsN3O2/c1-24(2,3)19-9-6-7-11-21(19)30-22-20(10-8-16-26-22)28-23(29)27-18-14-12-17(13-15-18)25(4)5/h6-16H,1-5H3,(H2,27,28,29). The summed E-state index contributed by atoms with van der Waals surface area (Å²) in [5, 5.41) is 5.71. The van der Waals surface area contributed by atoms with Crippen LogP contribution in [0, 0.1) is 0 Å². The fourth-order valence-electron chi connectivity index (χ4n) is 2.97. The molecule has 0 saturated carbocycles. The number of carbonyl (C=O) groups excluding carboxylic acids is 1. The minimum absolute atomic E-state index is 0.0819. The second kappa shape index (κ2) is 9.35. The molecule has 3 rings (SSSR count). The van der Waals surface area contributed by atoms with Gasteiger partial charge in [-0.3, -0.25) is 0 Å². The average molecular weight is 465 g/mol. The number of aromatic nitrogens is 1. The first-order valence-electron chi connectivity index (χ1n) is 9.82. The number of anilines is 2. The van der Waals surface area contributed by atoms with Crippen LogP contribution >= 0.6 is 0 Å². The molecule has 0 spiro atoms. The number of amides is 2. The minimum atomic E-state index is -0.917. The number of carbonyl (C=O) groups is 1. The first-order chi connectivity index (χ1) is 14.2. The second-order valence-electron chi connectivity index (χ2n) is 8.22. The summed E-state index contributed by atoms with van der Waals surface area (Å²) in [6, 6.07) is 19.1. The van der Waals surface area contributed by atoms with Crippen LogP contribution in [0.25, 0.3) is 0 Å². The zero-order chi connectivity index (χ0) is 21.7. The van der Waals surface area contributed by atoms with E-state index in [4.69, 9.17) is 4.74 Å². The third-order valence-corrected chi connectivity index (χ3v) is 7.36. The topological polar surface area (TPSA) is 63.2 Å². The van der Waals surface area contributed by atoms with Crippen molar-refractivity contribution in [2.75, 3.05) is 10.6 Å². The Bertz CT molecular complexity index is 1010. The van der Waals surface area contributed by atoms with Crippen LogP contribution in [0.15, 0.2) is 66.9 Å². The Morgan fingerprint density at radius 3 is 2.30 bits per heavy atom. The van der Waals surface area contributed by atoms with Crippen LogP contribution in [-0.4, -0.2) is 25.7 Å². The van der Waals surface area contributed by atoms with Gasteiger partial charge in [0.25, 0.3) is 0 Å². The molecule has 156 valence electrons. The van der Waals surface area contributed by atoms with E-state index in [9.17, 15) is 4.79 Å². The third-order valence-electron chi connectivity index (χ3n) is 4.56. The molecule has 0 fully saturated rings. The summed E-state index contributed by atoms with van der Waals surface area (Å²) in [6.45, 7) is 6.40. The summed E-state index contributed by atoms with van der Waals surface area (Å²) >= 11 is -0.917. The van der Waals surface area contributed by atoms with E-state index in [0.717, 1.165) is 17.0 Å². The van der Waals surface area contributed by atoms with E-state index in [1.807, 2.05) is 36.4 Å². The fourth-order valence-corrected chi connectivity index (χ4v) is 4.54. The molecule has 1 heterocycles. The second-order valence-corrected chi connectivity index (χ2v) is 13.1. The van der Waals surface area contributed by atoms with Gasteiger partial charge in [-0.05, 0) is 5.41 Å². The molecule has 2 N–H and O–H groups in total. The van der Waals surface area contributed by atoms with Crippen molar-refractivity contribution < 1.29 is 9.53 Å². The predicted octanol–water partition coefficient (Wildman–Crippen LogP) is 5.78. The van der Waals surface area contributed by atoms with Gasteiger partial charge in [0.1, 0.15) is 0 Å². The molecule has 0 aliphatic heterocycles. The normalized spacial score (nSPS) is 11.3. The number of rotatable bonds is 5. The van der Waals surface area contributed by atoms with Crippen molar-refractivity contribution in [3.8, 4) is 11.6 Å². The number of nitrogens with zero attached hydrogens (tertiary/aromatic N) is 1. The average Bonchev–Trinajstić information content (AvgIpc) is 2.69. The molecule has 2 amide bonds. The van der Waals surface area contributed by atoms with Gasteiger partial charge in [0.2, 0.25) is 0 Å². The van der Waals surface area contributed by atoms with E-state index in [1.165, 1.54) is 4.35 Å². The number of pyridine rings is 1. The third kappa shape index (κ3) is 5.64. The van der Waals surface area contributed by atoms with Gasteiger partial charge in [0.15, 0.2) is 0 Å². The summed E-state index contributed by atoms with van der Waals surface area (Å²) < 4.78 is 7.48. The van der Waals surface area contributed by atoms with E-state index in [-0.39, 0.29) is 11.4 Å². The summed E-state index contributed by atoms with van der Waals surface area (Å²) in [7, 11) is 0. The molecule has 0 radical (unpaired) electrons. The summed E-state index contributed by atoms with van der Waals surface area (Å²) in [4.78, 5) is 16.9. The first kappa shape index (κ1) is 21.9. The maximum absolute atomic E-state index is 12.5. The quantitative estimate of drug-likeness (QED) is 0.470. The predicted molar refractivity (Wildman–Crippen MR) is 126 cm³/mol. The van der Waals surface area contributed by atoms with Crippen molar-refractivity contribution in [3.63, 3.8) is 0 Å². The van der Waals surface area contributed by atoms with Crippen molar-refractivity contribution in [1.82, 2.24) is 4.98 Å². The number of hydrogen-bond acceptors (Lipinski definition) is 3. The van der Waals surface area contributed by atoms with Gasteiger partial charge in [-0.1, -0.05) is 39.0 Å². The van der Waals surface area contributed by atoms with Gasteiger partial charge in [0.05, 0.1) is 0 Å². The number of para-hydroxylation sites is 1. The first-order valence-corrected chi connectivity index (χ1v) is 14.5. The molecule has 0 atom stereocenters. The van der Waals surface area contributed by atoms with Gasteiger partial charge in [0, 0.05) is 0 Å². The molecule has 2 aromatic carbocycles. The maximum atomic E-state index is 12.5. The molecule has 3 aromatic rings. The molecular weight excluding hydrogens is 437 g/mol. The zero-order valence-corrected chi connectivity index (χ0v) is 19.9. The zero-order valence-electron chi connectivity index (χ0n) is 18.1. The Morgan fingerprint density at radius 1 is 0.933 bits per heavy atom. The van der Waals surface area contributed by atoms with Crippen LogP contribution in [0.3, 0.4) is 0 Å². The monoisotopic (exact) mass is 465 g/mol. The Labute approximate surface area is 183 Å². The molecule has 0 saturated heterocycles. The van der Waals surface area contributed by atoms with Crippen molar-refractivity contribution in [2.45, 2.75) is 37.6 Å². The summed E-state index contributed by atoms with van der Waals surface area (Å²) in [5.41, 5.74) is 6.80. The van der Waals surface area contributed by atoms with E-state index in [1.54, 1.807) is 18.3 Å². The van der Waals surface area contributed by atoms with Gasteiger partial charge in [-0.15, -0.1) is 0 Å². The number of nitrogens with one attached hydrogen (secondary N) is 2. The van der Waals surface area contributed by atoms with Crippen LogP contribution in [0.2, 0.25) is 11.4 Å². The Hall–Kier alpha value is -2.78. The molecule has 1 aromatic heterocycles. The van der Waals surface area contributed by atoms with Gasteiger partial charge < -0.3 is 0 Å². The molecule has 6 heteroatoms. The number of urea groups is 1. The van der Waals surface area contributed by atoms with Crippen molar-refractivity contribution in [1.29, 1.82) is 0 Å². The molecule has 30 heavy (non-hydrogen) atoms. The van der Waals surface area contributed by atoms with E-state index in [2.05, 4.69) is 59.9 Å². The molecular formula is C24H28AsN3O2. The molecule has 0 bridgehead atoms. The number of benzene rings is 2. The van der Waals surface area contributed by atoms with E-state index >= 15 is 0 Å². The Balaban J connectivity index is 1.75. The van der Waals surface area contributed by atoms with Crippen LogP contribution in [-0.2, 0) is 5.41 Å². The van der Waals surface area contributed by atoms with Gasteiger partial charge in [-0.25, -0.2) is 0 Å². The molecule has 5 nitrogen and oxygen atoms in total. The molecule has 0 unspecified atom stereocenters. The Morgan fingerprint density at radius 2 is 1.63 bits per heavy atom. The Kier molecular flexibility index (Phi) is 6.83. The fraction of sp³-hybridized carbons (Fsp3) is 0.250. The number of ether oxygens (including phenoxy) is 1.